The molecule has 0 saturated carbocycles. The highest BCUT2D eigenvalue weighted by Gasteiger charge is 2.15. The third-order valence-electron chi connectivity index (χ3n) is 4.10. The first-order chi connectivity index (χ1) is 13.0. The molecular formula is C19H19N5OS2. The van der Waals surface area contributed by atoms with Gasteiger partial charge in [0.05, 0.1) is 10.6 Å². The molecule has 27 heavy (non-hydrogen) atoms. The van der Waals surface area contributed by atoms with Crippen molar-refractivity contribution >= 4 is 51.4 Å². The van der Waals surface area contributed by atoms with Gasteiger partial charge in [-0.1, -0.05) is 54.7 Å². The summed E-state index contributed by atoms with van der Waals surface area (Å²) in [5.74, 6) is 0.706. The number of fused-ring (bicyclic) bond motifs is 1. The molecule has 1 N–H and O–H groups in total. The normalized spacial score (nSPS) is 15.3. The molecule has 0 atom stereocenters. The van der Waals surface area contributed by atoms with Crippen LogP contribution in [0.1, 0.15) is 29.3 Å². The van der Waals surface area contributed by atoms with Crippen LogP contribution in [-0.2, 0) is 13.5 Å². The molecule has 0 fully saturated rings. The highest BCUT2D eigenvalue weighted by atomic mass is 32.1. The van der Waals surface area contributed by atoms with Gasteiger partial charge < -0.3 is 5.11 Å². The lowest BCUT2D eigenvalue weighted by atomic mass is 10.1. The standard InChI is InChI=1S/C19H19N5OS2/c1-11(2)8-16-22-23-18(27-16)21-19-24(3)17(25)15(26-19)9-12-10-20-14-7-5-4-6-13(12)14/h4-7,9-11,25H,8H2,1-3H3/b12-9+,21-19+. The maximum absolute atomic E-state index is 10.5. The highest BCUT2D eigenvalue weighted by Crippen LogP contribution is 2.34. The molecule has 3 heterocycles. The monoisotopic (exact) mass is 397 g/mol. The minimum atomic E-state index is 0.177. The summed E-state index contributed by atoms with van der Waals surface area (Å²) in [7, 11) is 1.79. The van der Waals surface area contributed by atoms with Gasteiger partial charge >= 0.3 is 0 Å². The van der Waals surface area contributed by atoms with Crippen molar-refractivity contribution in [3.8, 4) is 5.88 Å². The fourth-order valence-electron chi connectivity index (χ4n) is 2.76. The predicted octanol–water partition coefficient (Wildman–Crippen LogP) is 4.33. The molecule has 0 aliphatic carbocycles. The minimum absolute atomic E-state index is 0.177. The van der Waals surface area contributed by atoms with Crippen LogP contribution < -0.4 is 4.80 Å². The molecule has 1 aliphatic rings. The lowest BCUT2D eigenvalue weighted by Gasteiger charge is -1.98. The molecule has 8 heteroatoms. The molecule has 3 aromatic rings. The second-order valence-electron chi connectivity index (χ2n) is 6.69. The van der Waals surface area contributed by atoms with Crippen molar-refractivity contribution in [1.29, 1.82) is 0 Å². The van der Waals surface area contributed by atoms with E-state index in [4.69, 9.17) is 0 Å². The maximum atomic E-state index is 10.5. The Bertz CT molecular complexity index is 1120. The van der Waals surface area contributed by atoms with Gasteiger partial charge in [-0.15, -0.1) is 10.2 Å². The van der Waals surface area contributed by atoms with Crippen LogP contribution in [0.5, 0.6) is 5.88 Å². The SMILES string of the molecule is CC(C)Cc1nnc(/N=c2/sc(/C=C3\C=Nc4ccccc43)c(O)n2C)s1. The van der Waals surface area contributed by atoms with Crippen molar-refractivity contribution in [1.82, 2.24) is 14.8 Å². The topological polar surface area (TPSA) is 75.7 Å². The van der Waals surface area contributed by atoms with Gasteiger partial charge in [-0.05, 0) is 18.1 Å². The Morgan fingerprint density at radius 1 is 1.22 bits per heavy atom. The van der Waals surface area contributed by atoms with Crippen molar-refractivity contribution in [3.05, 3.63) is 44.5 Å². The molecule has 0 amide bonds. The second-order valence-corrected chi connectivity index (χ2v) is 8.74. The van der Waals surface area contributed by atoms with E-state index in [-0.39, 0.29) is 5.88 Å². The van der Waals surface area contributed by atoms with Gasteiger partial charge in [0, 0.05) is 30.8 Å². The Morgan fingerprint density at radius 2 is 2.04 bits per heavy atom. The summed E-state index contributed by atoms with van der Waals surface area (Å²) in [4.78, 5) is 10.4. The lowest BCUT2D eigenvalue weighted by molar-refractivity contribution is 0.427. The summed E-state index contributed by atoms with van der Waals surface area (Å²) >= 11 is 2.90. The van der Waals surface area contributed by atoms with E-state index in [9.17, 15) is 5.11 Å². The molecule has 0 unspecified atom stereocenters. The van der Waals surface area contributed by atoms with Gasteiger partial charge in [0.25, 0.3) is 0 Å². The first-order valence-electron chi connectivity index (χ1n) is 8.62. The zero-order valence-electron chi connectivity index (χ0n) is 15.2. The summed E-state index contributed by atoms with van der Waals surface area (Å²) in [6, 6.07) is 7.96. The van der Waals surface area contributed by atoms with E-state index in [1.807, 2.05) is 36.6 Å². The molecular weight excluding hydrogens is 378 g/mol. The zero-order valence-corrected chi connectivity index (χ0v) is 16.9. The highest BCUT2D eigenvalue weighted by molar-refractivity contribution is 7.15. The smallest absolute Gasteiger partial charge is 0.234 e. The van der Waals surface area contributed by atoms with Gasteiger partial charge in [-0.2, -0.15) is 4.99 Å². The van der Waals surface area contributed by atoms with Crippen LogP contribution >= 0.6 is 22.7 Å². The van der Waals surface area contributed by atoms with Crippen molar-refractivity contribution in [2.45, 2.75) is 20.3 Å². The number of thiazole rings is 1. The molecule has 2 aromatic heterocycles. The minimum Gasteiger partial charge on any atom is -0.493 e. The van der Waals surface area contributed by atoms with E-state index < -0.39 is 0 Å². The number of aliphatic imine (C=N–C) groups is 1. The van der Waals surface area contributed by atoms with E-state index in [0.717, 1.165) is 33.1 Å². The molecule has 0 spiro atoms. The van der Waals surface area contributed by atoms with Crippen LogP contribution in [0.15, 0.2) is 34.3 Å². The maximum Gasteiger partial charge on any atom is 0.234 e. The van der Waals surface area contributed by atoms with E-state index in [1.54, 1.807) is 11.6 Å². The van der Waals surface area contributed by atoms with Gasteiger partial charge in [0.2, 0.25) is 11.0 Å². The number of allylic oxidation sites excluding steroid dienone is 1. The average molecular weight is 398 g/mol. The molecule has 1 aromatic carbocycles. The Morgan fingerprint density at radius 3 is 2.85 bits per heavy atom. The molecule has 0 bridgehead atoms. The van der Waals surface area contributed by atoms with Crippen molar-refractivity contribution < 1.29 is 5.11 Å². The number of nitrogens with zero attached hydrogens (tertiary/aromatic N) is 5. The third kappa shape index (κ3) is 3.63. The van der Waals surface area contributed by atoms with Crippen LogP contribution in [0.25, 0.3) is 11.6 Å². The van der Waals surface area contributed by atoms with Gasteiger partial charge in [0.1, 0.15) is 5.01 Å². The van der Waals surface area contributed by atoms with Gasteiger partial charge in [-0.3, -0.25) is 9.56 Å². The fraction of sp³-hybridized carbons (Fsp3) is 0.263. The molecule has 0 saturated heterocycles. The van der Waals surface area contributed by atoms with E-state index in [2.05, 4.69) is 34.0 Å². The lowest BCUT2D eigenvalue weighted by Crippen LogP contribution is -2.08. The number of para-hydroxylation sites is 1. The molecule has 4 rings (SSSR count). The summed E-state index contributed by atoms with van der Waals surface area (Å²) in [5, 5.41) is 20.5. The Labute approximate surface area is 164 Å². The van der Waals surface area contributed by atoms with Gasteiger partial charge in [0.15, 0.2) is 4.80 Å². The third-order valence-corrected chi connectivity index (χ3v) is 6.01. The first-order valence-corrected chi connectivity index (χ1v) is 10.3. The summed E-state index contributed by atoms with van der Waals surface area (Å²) < 4.78 is 1.67. The largest absolute Gasteiger partial charge is 0.493 e. The summed E-state index contributed by atoms with van der Waals surface area (Å²) in [6.45, 7) is 4.31. The van der Waals surface area contributed by atoms with Crippen molar-refractivity contribution in [2.24, 2.45) is 23.0 Å². The summed E-state index contributed by atoms with van der Waals surface area (Å²) in [5.41, 5.74) is 2.99. The predicted molar refractivity (Wildman–Crippen MR) is 111 cm³/mol. The Hall–Kier alpha value is -2.58. The molecule has 0 radical (unpaired) electrons. The van der Waals surface area contributed by atoms with Crippen LogP contribution in [0.3, 0.4) is 0 Å². The van der Waals surface area contributed by atoms with E-state index in [0.29, 0.717) is 15.9 Å². The number of rotatable bonds is 4. The molecule has 6 nitrogen and oxygen atoms in total. The van der Waals surface area contributed by atoms with E-state index >= 15 is 0 Å². The Balaban J connectivity index is 1.69. The van der Waals surface area contributed by atoms with Gasteiger partial charge in [-0.25, -0.2) is 0 Å². The summed E-state index contributed by atoms with van der Waals surface area (Å²) in [6.07, 6.45) is 4.66. The van der Waals surface area contributed by atoms with Crippen LogP contribution in [0.2, 0.25) is 0 Å². The first kappa shape index (κ1) is 17.8. The number of benzene rings is 1. The molecule has 138 valence electrons. The number of hydrogen-bond acceptors (Lipinski definition) is 7. The number of aromatic nitrogens is 3. The number of hydrogen-bond donors (Lipinski definition) is 1. The zero-order chi connectivity index (χ0) is 19.0. The number of aromatic hydroxyl groups is 1. The van der Waals surface area contributed by atoms with Crippen LogP contribution in [0, 0.1) is 5.92 Å². The van der Waals surface area contributed by atoms with Crippen molar-refractivity contribution in [2.75, 3.05) is 0 Å². The van der Waals surface area contributed by atoms with E-state index in [1.165, 1.54) is 22.7 Å². The van der Waals surface area contributed by atoms with Crippen molar-refractivity contribution in [3.63, 3.8) is 0 Å². The fourth-order valence-corrected chi connectivity index (χ4v) is 4.71. The molecule has 1 aliphatic heterocycles. The average Bonchev–Trinajstić information content (AvgIpc) is 3.31. The quantitative estimate of drug-likeness (QED) is 0.712. The van der Waals surface area contributed by atoms with Crippen LogP contribution in [-0.4, -0.2) is 26.1 Å². The Kier molecular flexibility index (Phi) is 4.75. The second kappa shape index (κ2) is 7.21. The van der Waals surface area contributed by atoms with Crippen LogP contribution in [0.4, 0.5) is 10.8 Å².